The minimum Gasteiger partial charge on any atom is -0.482 e. The van der Waals surface area contributed by atoms with Gasteiger partial charge in [-0.25, -0.2) is 0 Å². The molecule has 21 heavy (non-hydrogen) atoms. The molecule has 5 heteroatoms. The zero-order chi connectivity index (χ0) is 15.1. The predicted octanol–water partition coefficient (Wildman–Crippen LogP) is 2.73. The van der Waals surface area contributed by atoms with Gasteiger partial charge >= 0.3 is 0 Å². The summed E-state index contributed by atoms with van der Waals surface area (Å²) in [5.74, 6) is 0.344. The summed E-state index contributed by atoms with van der Waals surface area (Å²) in [6, 6.07) is 9.26. The molecule has 1 aliphatic rings. The normalized spacial score (nSPS) is 21.3. The molecule has 1 N–H and O–H groups in total. The number of rotatable bonds is 5. The molecule has 1 aliphatic carbocycles. The van der Waals surface area contributed by atoms with E-state index in [1.165, 1.54) is 0 Å². The highest BCUT2D eigenvalue weighted by molar-refractivity contribution is 7.99. The van der Waals surface area contributed by atoms with Crippen molar-refractivity contribution in [3.63, 3.8) is 0 Å². The first-order valence-corrected chi connectivity index (χ1v) is 8.45. The molecule has 0 bridgehead atoms. The quantitative estimate of drug-likeness (QED) is 0.908. The molecule has 0 aliphatic heterocycles. The first kappa shape index (κ1) is 15.7. The summed E-state index contributed by atoms with van der Waals surface area (Å²) in [5.41, 5.74) is 0.450. The smallest absolute Gasteiger partial charge is 0.258 e. The fourth-order valence-corrected chi connectivity index (χ4v) is 3.28. The number of thioether (sulfide) groups is 1. The molecule has 2 rings (SSSR count). The van der Waals surface area contributed by atoms with E-state index >= 15 is 0 Å². The third kappa shape index (κ3) is 4.68. The number of carbonyl (C=O) groups is 1. The van der Waals surface area contributed by atoms with Crippen molar-refractivity contribution in [2.75, 3.05) is 12.9 Å². The summed E-state index contributed by atoms with van der Waals surface area (Å²) >= 11 is 1.91. The Bertz CT molecular complexity index is 519. The van der Waals surface area contributed by atoms with E-state index in [1.807, 2.05) is 11.8 Å². The highest BCUT2D eigenvalue weighted by atomic mass is 32.2. The van der Waals surface area contributed by atoms with E-state index in [9.17, 15) is 4.79 Å². The molecule has 0 unspecified atom stereocenters. The van der Waals surface area contributed by atoms with Gasteiger partial charge in [-0.1, -0.05) is 12.1 Å². The molecule has 0 saturated heterocycles. The lowest BCUT2D eigenvalue weighted by Crippen LogP contribution is -2.40. The van der Waals surface area contributed by atoms with Crippen molar-refractivity contribution in [1.82, 2.24) is 5.32 Å². The van der Waals surface area contributed by atoms with Crippen LogP contribution in [0.5, 0.6) is 5.75 Å². The average Bonchev–Trinajstić information content (AvgIpc) is 2.54. The van der Waals surface area contributed by atoms with Crippen molar-refractivity contribution in [1.29, 1.82) is 5.26 Å². The van der Waals surface area contributed by atoms with Gasteiger partial charge in [0.15, 0.2) is 6.61 Å². The lowest BCUT2D eigenvalue weighted by Gasteiger charge is -2.28. The SMILES string of the molecule is CSC1CCC(NC(=O)COc2ccccc2C#N)CC1. The molecule has 112 valence electrons. The van der Waals surface area contributed by atoms with Crippen molar-refractivity contribution in [3.05, 3.63) is 29.8 Å². The monoisotopic (exact) mass is 304 g/mol. The van der Waals surface area contributed by atoms with Gasteiger partial charge in [0, 0.05) is 11.3 Å². The summed E-state index contributed by atoms with van der Waals surface area (Å²) in [7, 11) is 0. The molecular weight excluding hydrogens is 284 g/mol. The Hall–Kier alpha value is -1.67. The number of carbonyl (C=O) groups excluding carboxylic acids is 1. The highest BCUT2D eigenvalue weighted by Crippen LogP contribution is 2.26. The number of nitrogens with zero attached hydrogens (tertiary/aromatic N) is 1. The molecule has 0 radical (unpaired) electrons. The number of hydrogen-bond acceptors (Lipinski definition) is 4. The molecule has 0 spiro atoms. The maximum Gasteiger partial charge on any atom is 0.258 e. The molecule has 1 amide bonds. The van der Waals surface area contributed by atoms with E-state index in [0.29, 0.717) is 11.3 Å². The van der Waals surface area contributed by atoms with Gasteiger partial charge in [0.25, 0.3) is 5.91 Å². The zero-order valence-corrected chi connectivity index (χ0v) is 13.0. The number of amides is 1. The number of nitrogens with one attached hydrogen (secondary N) is 1. The molecular formula is C16H20N2O2S. The minimum absolute atomic E-state index is 0.0405. The van der Waals surface area contributed by atoms with Gasteiger partial charge in [0.2, 0.25) is 0 Å². The van der Waals surface area contributed by atoms with Crippen LogP contribution in [-0.4, -0.2) is 30.1 Å². The van der Waals surface area contributed by atoms with Crippen LogP contribution in [-0.2, 0) is 4.79 Å². The number of benzene rings is 1. The van der Waals surface area contributed by atoms with Gasteiger partial charge in [-0.15, -0.1) is 0 Å². The van der Waals surface area contributed by atoms with Crippen LogP contribution in [0, 0.1) is 11.3 Å². The second-order valence-corrected chi connectivity index (χ2v) is 6.31. The van der Waals surface area contributed by atoms with Crippen LogP contribution >= 0.6 is 11.8 Å². The maximum atomic E-state index is 11.9. The summed E-state index contributed by atoms with van der Waals surface area (Å²) in [6.45, 7) is -0.0405. The lowest BCUT2D eigenvalue weighted by molar-refractivity contribution is -0.124. The Kier molecular flexibility index (Phi) is 5.94. The second kappa shape index (κ2) is 7.94. The molecule has 1 aromatic rings. The summed E-state index contributed by atoms with van der Waals surface area (Å²) in [5, 5.41) is 12.7. The molecule has 1 saturated carbocycles. The zero-order valence-electron chi connectivity index (χ0n) is 12.2. The Morgan fingerprint density at radius 1 is 1.38 bits per heavy atom. The molecule has 0 aromatic heterocycles. The van der Waals surface area contributed by atoms with Gasteiger partial charge in [-0.05, 0) is 44.1 Å². The Labute approximate surface area is 129 Å². The third-order valence-corrected chi connectivity index (χ3v) is 4.88. The second-order valence-electron chi connectivity index (χ2n) is 5.17. The fourth-order valence-electron chi connectivity index (χ4n) is 2.54. The topological polar surface area (TPSA) is 62.1 Å². The predicted molar refractivity (Wildman–Crippen MR) is 84.4 cm³/mol. The van der Waals surface area contributed by atoms with Crippen LogP contribution in [0.1, 0.15) is 31.2 Å². The van der Waals surface area contributed by atoms with Crippen molar-refractivity contribution in [2.45, 2.75) is 37.0 Å². The number of para-hydroxylation sites is 1. The average molecular weight is 304 g/mol. The summed E-state index contributed by atoms with van der Waals surface area (Å²) in [6.07, 6.45) is 6.52. The standard InChI is InChI=1S/C16H20N2O2S/c1-21-14-8-6-13(7-9-14)18-16(19)11-20-15-5-3-2-4-12(15)10-17/h2-5,13-14H,6-9,11H2,1H3,(H,18,19). The van der Waals surface area contributed by atoms with E-state index < -0.39 is 0 Å². The van der Waals surface area contributed by atoms with Crippen molar-refractivity contribution in [3.8, 4) is 11.8 Å². The number of ether oxygens (including phenoxy) is 1. The van der Waals surface area contributed by atoms with E-state index in [-0.39, 0.29) is 18.6 Å². The number of nitriles is 1. The molecule has 0 atom stereocenters. The first-order valence-electron chi connectivity index (χ1n) is 7.17. The Balaban J connectivity index is 1.77. The highest BCUT2D eigenvalue weighted by Gasteiger charge is 2.21. The van der Waals surface area contributed by atoms with Crippen molar-refractivity contribution < 1.29 is 9.53 Å². The first-order chi connectivity index (χ1) is 10.2. The fraction of sp³-hybridized carbons (Fsp3) is 0.500. The van der Waals surface area contributed by atoms with Crippen molar-refractivity contribution >= 4 is 17.7 Å². The van der Waals surface area contributed by atoms with E-state index in [0.717, 1.165) is 30.9 Å². The van der Waals surface area contributed by atoms with Gasteiger partial charge in [-0.2, -0.15) is 17.0 Å². The van der Waals surface area contributed by atoms with Gasteiger partial charge < -0.3 is 10.1 Å². The molecule has 0 heterocycles. The third-order valence-electron chi connectivity index (χ3n) is 3.74. The van der Waals surface area contributed by atoms with E-state index in [2.05, 4.69) is 17.6 Å². The summed E-state index contributed by atoms with van der Waals surface area (Å²) in [4.78, 5) is 11.9. The van der Waals surface area contributed by atoms with E-state index in [4.69, 9.17) is 10.00 Å². The van der Waals surface area contributed by atoms with Crippen LogP contribution in [0.2, 0.25) is 0 Å². The minimum atomic E-state index is -0.115. The van der Waals surface area contributed by atoms with Crippen LogP contribution in [0.25, 0.3) is 0 Å². The van der Waals surface area contributed by atoms with Crippen LogP contribution in [0.3, 0.4) is 0 Å². The van der Waals surface area contributed by atoms with Crippen LogP contribution in [0.4, 0.5) is 0 Å². The van der Waals surface area contributed by atoms with Gasteiger partial charge in [0.05, 0.1) is 5.56 Å². The molecule has 1 fully saturated rings. The van der Waals surface area contributed by atoms with E-state index in [1.54, 1.807) is 24.3 Å². The lowest BCUT2D eigenvalue weighted by atomic mass is 9.95. The Morgan fingerprint density at radius 2 is 2.10 bits per heavy atom. The Morgan fingerprint density at radius 3 is 2.76 bits per heavy atom. The van der Waals surface area contributed by atoms with Crippen LogP contribution in [0.15, 0.2) is 24.3 Å². The largest absolute Gasteiger partial charge is 0.482 e. The van der Waals surface area contributed by atoms with Crippen LogP contribution < -0.4 is 10.1 Å². The van der Waals surface area contributed by atoms with Crippen molar-refractivity contribution in [2.24, 2.45) is 0 Å². The van der Waals surface area contributed by atoms with Gasteiger partial charge in [0.1, 0.15) is 11.8 Å². The molecule has 4 nitrogen and oxygen atoms in total. The van der Waals surface area contributed by atoms with Gasteiger partial charge in [-0.3, -0.25) is 4.79 Å². The molecule has 1 aromatic carbocycles. The summed E-state index contributed by atoms with van der Waals surface area (Å²) < 4.78 is 5.43. The number of hydrogen-bond donors (Lipinski definition) is 1. The maximum absolute atomic E-state index is 11.9.